The van der Waals surface area contributed by atoms with Gasteiger partial charge >= 0.3 is 5.97 Å². The maximum Gasteiger partial charge on any atom is 0.338 e. The van der Waals surface area contributed by atoms with Crippen LogP contribution in [0.15, 0.2) is 60.2 Å². The fourth-order valence-electron chi connectivity index (χ4n) is 6.76. The van der Waals surface area contributed by atoms with Crippen molar-refractivity contribution in [1.29, 1.82) is 0 Å². The Hall–Kier alpha value is -2.77. The van der Waals surface area contributed by atoms with Gasteiger partial charge in [-0.15, -0.1) is 0 Å². The van der Waals surface area contributed by atoms with E-state index in [0.29, 0.717) is 24.7 Å². The minimum atomic E-state index is -0.516. The van der Waals surface area contributed by atoms with Crippen LogP contribution in [0.1, 0.15) is 51.4 Å². The summed E-state index contributed by atoms with van der Waals surface area (Å²) in [6.45, 7) is 9.93. The molecule has 34 heavy (non-hydrogen) atoms. The van der Waals surface area contributed by atoms with Crippen molar-refractivity contribution in [3.05, 3.63) is 75.9 Å². The summed E-state index contributed by atoms with van der Waals surface area (Å²) in [5.41, 5.74) is 2.53. The number of cyclic esters (lactones) is 1. The summed E-state index contributed by atoms with van der Waals surface area (Å²) in [6.07, 6.45) is 9.28. The lowest BCUT2D eigenvalue weighted by atomic mass is 9.46. The Kier molecular flexibility index (Phi) is 5.73. The van der Waals surface area contributed by atoms with Crippen molar-refractivity contribution in [3.63, 3.8) is 0 Å². The summed E-state index contributed by atoms with van der Waals surface area (Å²) in [5.74, 6) is 0.286. The lowest BCUT2D eigenvalue weighted by Crippen LogP contribution is -2.60. The highest BCUT2D eigenvalue weighted by Gasteiger charge is 2.60. The largest absolute Gasteiger partial charge is 0.458 e. The third-order valence-corrected chi connectivity index (χ3v) is 8.61. The molecule has 0 aromatic heterocycles. The van der Waals surface area contributed by atoms with Gasteiger partial charge < -0.3 is 14.2 Å². The molecule has 0 amide bonds. The monoisotopic (exact) mass is 465 g/mol. The predicted molar refractivity (Wildman–Crippen MR) is 126 cm³/mol. The molecule has 2 aliphatic carbocycles. The van der Waals surface area contributed by atoms with Crippen LogP contribution in [0.25, 0.3) is 0 Å². The van der Waals surface area contributed by atoms with Crippen LogP contribution in [0.2, 0.25) is 0 Å². The van der Waals surface area contributed by atoms with E-state index in [2.05, 4.69) is 26.5 Å². The SMILES string of the molecule is C=C1CC[C@@H]2[C@]3(C)CO[C@@H](c4ccc([N+](=O)[O-])cc4)O[C@@H]3CC[C@@]2(C)[C@@H]1/C=C/C1=CCOC1=O. The van der Waals surface area contributed by atoms with Gasteiger partial charge in [-0.05, 0) is 55.2 Å². The standard InChI is InChI=1S/C27H31NO6/c1-17-4-11-22-26(2,21(17)10-7-18-13-15-32-24(18)29)14-12-23-27(22,3)16-33-25(34-23)19-5-8-20(9-6-19)28(30)31/h5-10,13,21-23,25H,1,4,11-12,14-16H2,2-3H3/b10-7+/t21-,22+,23-,25-,26+,27+/m1/s1. The smallest absolute Gasteiger partial charge is 0.338 e. The highest BCUT2D eigenvalue weighted by molar-refractivity contribution is 5.93. The number of hydrogen-bond acceptors (Lipinski definition) is 6. The molecule has 0 N–H and O–H groups in total. The zero-order valence-corrected chi connectivity index (χ0v) is 19.7. The van der Waals surface area contributed by atoms with Crippen LogP contribution in [0.5, 0.6) is 0 Å². The number of esters is 1. The number of rotatable bonds is 4. The summed E-state index contributed by atoms with van der Waals surface area (Å²) >= 11 is 0. The molecule has 4 aliphatic rings. The van der Waals surface area contributed by atoms with Crippen molar-refractivity contribution < 1.29 is 23.9 Å². The Bertz CT molecular complexity index is 1080. The van der Waals surface area contributed by atoms with Crippen LogP contribution in [0.4, 0.5) is 5.69 Å². The average molecular weight is 466 g/mol. The van der Waals surface area contributed by atoms with Gasteiger partial charge in [0.1, 0.15) is 6.61 Å². The highest BCUT2D eigenvalue weighted by atomic mass is 16.7. The molecule has 0 radical (unpaired) electrons. The number of carbonyl (C=O) groups is 1. The van der Waals surface area contributed by atoms with E-state index in [-0.39, 0.29) is 34.5 Å². The number of benzene rings is 1. The number of fused-ring (bicyclic) bond motifs is 3. The molecular formula is C27H31NO6. The molecule has 0 unspecified atom stereocenters. The normalized spacial score (nSPS) is 37.6. The molecule has 0 spiro atoms. The zero-order valence-electron chi connectivity index (χ0n) is 19.7. The predicted octanol–water partition coefficient (Wildman–Crippen LogP) is 5.44. The number of nitro benzene ring substituents is 1. The Balaban J connectivity index is 1.36. The van der Waals surface area contributed by atoms with E-state index in [1.807, 2.05) is 12.2 Å². The van der Waals surface area contributed by atoms with E-state index in [1.54, 1.807) is 12.1 Å². The van der Waals surface area contributed by atoms with Crippen molar-refractivity contribution in [2.24, 2.45) is 22.7 Å². The molecule has 0 bridgehead atoms. The van der Waals surface area contributed by atoms with Gasteiger partial charge in [0.2, 0.25) is 0 Å². The first-order chi connectivity index (χ1) is 16.2. The first-order valence-corrected chi connectivity index (χ1v) is 12.0. The Morgan fingerprint density at radius 3 is 2.62 bits per heavy atom. The molecule has 6 atom stereocenters. The maximum atomic E-state index is 11.9. The van der Waals surface area contributed by atoms with Crippen LogP contribution in [-0.4, -0.2) is 30.2 Å². The van der Waals surface area contributed by atoms with Gasteiger partial charge in [0.15, 0.2) is 6.29 Å². The molecule has 7 heteroatoms. The number of hydrogen-bond donors (Lipinski definition) is 0. The quantitative estimate of drug-likeness (QED) is 0.255. The molecule has 180 valence electrons. The van der Waals surface area contributed by atoms with Gasteiger partial charge in [-0.25, -0.2) is 4.79 Å². The van der Waals surface area contributed by atoms with E-state index in [9.17, 15) is 14.9 Å². The first kappa shape index (κ1) is 23.0. The van der Waals surface area contributed by atoms with Gasteiger partial charge in [-0.2, -0.15) is 0 Å². The van der Waals surface area contributed by atoms with Crippen molar-refractivity contribution in [3.8, 4) is 0 Å². The second kappa shape index (κ2) is 8.47. The molecule has 1 aromatic rings. The third kappa shape index (κ3) is 3.71. The third-order valence-electron chi connectivity index (χ3n) is 8.61. The van der Waals surface area contributed by atoms with Crippen molar-refractivity contribution in [2.75, 3.05) is 13.2 Å². The summed E-state index contributed by atoms with van der Waals surface area (Å²) < 4.78 is 17.8. The van der Waals surface area contributed by atoms with E-state index >= 15 is 0 Å². The fourth-order valence-corrected chi connectivity index (χ4v) is 6.76. The van der Waals surface area contributed by atoms with Crippen LogP contribution < -0.4 is 0 Å². The second-order valence-electron chi connectivity index (χ2n) is 10.5. The Morgan fingerprint density at radius 1 is 1.18 bits per heavy atom. The van der Waals surface area contributed by atoms with E-state index < -0.39 is 11.2 Å². The van der Waals surface area contributed by atoms with Crippen LogP contribution in [0.3, 0.4) is 0 Å². The van der Waals surface area contributed by atoms with Gasteiger partial charge in [0.05, 0.1) is 23.2 Å². The van der Waals surface area contributed by atoms with Crippen LogP contribution in [0, 0.1) is 32.8 Å². The van der Waals surface area contributed by atoms with E-state index in [1.165, 1.54) is 17.7 Å². The van der Waals surface area contributed by atoms with E-state index in [0.717, 1.165) is 31.2 Å². The van der Waals surface area contributed by atoms with Gasteiger partial charge in [-0.1, -0.05) is 38.2 Å². The van der Waals surface area contributed by atoms with Crippen molar-refractivity contribution in [1.82, 2.24) is 0 Å². The van der Waals surface area contributed by atoms with Gasteiger partial charge in [0.25, 0.3) is 5.69 Å². The van der Waals surface area contributed by atoms with E-state index in [4.69, 9.17) is 14.2 Å². The maximum absolute atomic E-state index is 11.9. The number of ether oxygens (including phenoxy) is 3. The summed E-state index contributed by atoms with van der Waals surface area (Å²) in [6, 6.07) is 6.42. The molecule has 2 heterocycles. The first-order valence-electron chi connectivity index (χ1n) is 12.0. The average Bonchev–Trinajstić information content (AvgIpc) is 3.22. The lowest BCUT2D eigenvalue weighted by Gasteiger charge is -2.62. The Morgan fingerprint density at radius 2 is 1.94 bits per heavy atom. The molecule has 2 saturated carbocycles. The molecule has 1 aromatic carbocycles. The highest BCUT2D eigenvalue weighted by Crippen LogP contribution is 2.63. The minimum absolute atomic E-state index is 0.00688. The molecule has 5 rings (SSSR count). The summed E-state index contributed by atoms with van der Waals surface area (Å²) in [4.78, 5) is 22.5. The van der Waals surface area contributed by atoms with Gasteiger partial charge in [0, 0.05) is 29.0 Å². The second-order valence-corrected chi connectivity index (χ2v) is 10.5. The number of nitrogens with zero attached hydrogens (tertiary/aromatic N) is 1. The molecule has 3 fully saturated rings. The summed E-state index contributed by atoms with van der Waals surface area (Å²) in [5, 5.41) is 11.0. The van der Waals surface area contributed by atoms with Crippen LogP contribution in [-0.2, 0) is 19.0 Å². The zero-order chi connectivity index (χ0) is 24.1. The topological polar surface area (TPSA) is 87.9 Å². The minimum Gasteiger partial charge on any atom is -0.458 e. The molecule has 2 aliphatic heterocycles. The van der Waals surface area contributed by atoms with Crippen LogP contribution >= 0.6 is 0 Å². The Labute approximate surface area is 199 Å². The van der Waals surface area contributed by atoms with Crippen molar-refractivity contribution in [2.45, 2.75) is 51.9 Å². The molecule has 1 saturated heterocycles. The van der Waals surface area contributed by atoms with Crippen molar-refractivity contribution >= 4 is 11.7 Å². The molecule has 7 nitrogen and oxygen atoms in total. The number of allylic oxidation sites excluding steroid dienone is 2. The summed E-state index contributed by atoms with van der Waals surface area (Å²) in [7, 11) is 0. The number of non-ortho nitro benzene ring substituents is 1. The van der Waals surface area contributed by atoms with Gasteiger partial charge in [-0.3, -0.25) is 10.1 Å². The lowest BCUT2D eigenvalue weighted by molar-refractivity contribution is -0.384. The number of nitro groups is 1. The molecular weight excluding hydrogens is 434 g/mol. The fraction of sp³-hybridized carbons (Fsp3) is 0.519. The number of carbonyl (C=O) groups excluding carboxylic acids is 1.